The maximum atomic E-state index is 6.01. The third kappa shape index (κ3) is 5.04. The molecule has 6 heteroatoms. The number of benzene rings is 3. The summed E-state index contributed by atoms with van der Waals surface area (Å²) in [5, 5.41) is 10.6. The Bertz CT molecular complexity index is 1080. The second-order valence-corrected chi connectivity index (χ2v) is 8.12. The van der Waals surface area contributed by atoms with E-state index in [1.165, 1.54) is 11.1 Å². The van der Waals surface area contributed by atoms with Crippen LogP contribution in [0.15, 0.2) is 84.0 Å². The molecule has 0 N–H and O–H groups in total. The fraction of sp³-hybridized carbons (Fsp3) is 0.167. The zero-order chi connectivity index (χ0) is 20.8. The number of halogens is 1. The van der Waals surface area contributed by atoms with Crippen LogP contribution in [0, 0.1) is 0 Å². The maximum Gasteiger partial charge on any atom is 0.196 e. The molecule has 0 saturated carbocycles. The number of rotatable bonds is 8. The van der Waals surface area contributed by atoms with Crippen LogP contribution in [0.5, 0.6) is 5.75 Å². The molecule has 0 spiro atoms. The van der Waals surface area contributed by atoms with E-state index in [2.05, 4.69) is 39.0 Å². The molecule has 0 aliphatic rings. The van der Waals surface area contributed by atoms with E-state index in [4.69, 9.17) is 16.3 Å². The van der Waals surface area contributed by atoms with Gasteiger partial charge in [0.1, 0.15) is 11.6 Å². The number of thioether (sulfide) groups is 1. The van der Waals surface area contributed by atoms with Gasteiger partial charge in [0.05, 0.1) is 6.61 Å². The van der Waals surface area contributed by atoms with Crippen molar-refractivity contribution in [1.29, 1.82) is 0 Å². The van der Waals surface area contributed by atoms with E-state index in [1.54, 1.807) is 11.8 Å². The Balaban J connectivity index is 1.64. The van der Waals surface area contributed by atoms with Crippen molar-refractivity contribution in [3.63, 3.8) is 0 Å². The first-order valence-corrected chi connectivity index (χ1v) is 11.2. The van der Waals surface area contributed by atoms with Gasteiger partial charge in [-0.1, -0.05) is 65.8 Å². The van der Waals surface area contributed by atoms with Gasteiger partial charge in [0.15, 0.2) is 5.16 Å². The van der Waals surface area contributed by atoms with Gasteiger partial charge in [0.25, 0.3) is 0 Å². The van der Waals surface area contributed by atoms with Crippen LogP contribution < -0.4 is 4.74 Å². The van der Waals surface area contributed by atoms with Gasteiger partial charge in [-0.25, -0.2) is 0 Å². The second-order valence-electron chi connectivity index (χ2n) is 6.74. The maximum absolute atomic E-state index is 6.01. The molecule has 4 rings (SSSR count). The zero-order valence-corrected chi connectivity index (χ0v) is 18.2. The molecule has 1 aromatic heterocycles. The molecule has 0 aliphatic heterocycles. The van der Waals surface area contributed by atoms with Crippen LogP contribution in [-0.2, 0) is 12.2 Å². The molecule has 0 bridgehead atoms. The Hall–Kier alpha value is -2.76. The highest BCUT2D eigenvalue weighted by Crippen LogP contribution is 2.27. The lowest BCUT2D eigenvalue weighted by atomic mass is 10.1. The molecule has 3 aromatic carbocycles. The summed E-state index contributed by atoms with van der Waals surface area (Å²) in [5.74, 6) is 2.55. The van der Waals surface area contributed by atoms with Crippen molar-refractivity contribution in [3.8, 4) is 11.4 Å². The van der Waals surface area contributed by atoms with E-state index in [9.17, 15) is 0 Å². The van der Waals surface area contributed by atoms with E-state index in [-0.39, 0.29) is 0 Å². The lowest BCUT2D eigenvalue weighted by Crippen LogP contribution is -2.04. The first kappa shape index (κ1) is 20.5. The van der Waals surface area contributed by atoms with Crippen LogP contribution in [0.2, 0.25) is 5.02 Å². The van der Waals surface area contributed by atoms with Gasteiger partial charge in [-0.15, -0.1) is 10.2 Å². The molecule has 30 heavy (non-hydrogen) atoms. The Labute approximate surface area is 185 Å². The summed E-state index contributed by atoms with van der Waals surface area (Å²) in [5.41, 5.74) is 3.41. The average molecular weight is 436 g/mol. The molecule has 0 aliphatic carbocycles. The molecule has 4 aromatic rings. The minimum atomic E-state index is 0.646. The van der Waals surface area contributed by atoms with Crippen LogP contribution in [-0.4, -0.2) is 21.4 Å². The minimum Gasteiger partial charge on any atom is -0.494 e. The van der Waals surface area contributed by atoms with Gasteiger partial charge in [0, 0.05) is 22.9 Å². The number of hydrogen-bond acceptors (Lipinski definition) is 4. The highest BCUT2D eigenvalue weighted by molar-refractivity contribution is 7.98. The summed E-state index contributed by atoms with van der Waals surface area (Å²) in [6.45, 7) is 2.63. The summed E-state index contributed by atoms with van der Waals surface area (Å²) in [4.78, 5) is 0. The van der Waals surface area contributed by atoms with Gasteiger partial charge >= 0.3 is 0 Å². The van der Waals surface area contributed by atoms with E-state index in [0.717, 1.165) is 33.2 Å². The van der Waals surface area contributed by atoms with Crippen molar-refractivity contribution in [3.05, 3.63) is 101 Å². The summed E-state index contributed by atoms with van der Waals surface area (Å²) in [7, 11) is 0. The number of nitrogens with zero attached hydrogens (tertiary/aromatic N) is 3. The van der Waals surface area contributed by atoms with E-state index >= 15 is 0 Å². The fourth-order valence-corrected chi connectivity index (χ4v) is 4.19. The SMILES string of the molecule is CCOc1ccc(-n2c(Cc3ccccc3)nnc2SCc2ccc(Cl)cc2)cc1. The minimum absolute atomic E-state index is 0.646. The normalized spacial score (nSPS) is 10.9. The lowest BCUT2D eigenvalue weighted by molar-refractivity contribution is 0.340. The van der Waals surface area contributed by atoms with Crippen LogP contribution in [0.3, 0.4) is 0 Å². The van der Waals surface area contributed by atoms with Crippen molar-refractivity contribution >= 4 is 23.4 Å². The van der Waals surface area contributed by atoms with E-state index in [1.807, 2.05) is 61.5 Å². The molecule has 0 saturated heterocycles. The second kappa shape index (κ2) is 9.83. The smallest absolute Gasteiger partial charge is 0.196 e. The fourth-order valence-electron chi connectivity index (χ4n) is 3.13. The van der Waals surface area contributed by atoms with Gasteiger partial charge in [0.2, 0.25) is 0 Å². The monoisotopic (exact) mass is 435 g/mol. The van der Waals surface area contributed by atoms with Crippen LogP contribution >= 0.6 is 23.4 Å². The number of aromatic nitrogens is 3. The Kier molecular flexibility index (Phi) is 6.72. The van der Waals surface area contributed by atoms with Crippen LogP contribution in [0.4, 0.5) is 0 Å². The van der Waals surface area contributed by atoms with Crippen molar-refractivity contribution in [1.82, 2.24) is 14.8 Å². The standard InChI is InChI=1S/C24H22ClN3OS/c1-2-29-22-14-12-21(13-15-22)28-23(16-18-6-4-3-5-7-18)26-27-24(28)30-17-19-8-10-20(25)11-9-19/h3-15H,2,16-17H2,1H3. The molecule has 152 valence electrons. The molecule has 1 heterocycles. The number of hydrogen-bond donors (Lipinski definition) is 0. The van der Waals surface area contributed by atoms with Gasteiger partial charge < -0.3 is 4.74 Å². The molecule has 4 nitrogen and oxygen atoms in total. The van der Waals surface area contributed by atoms with Crippen molar-refractivity contribution in [2.45, 2.75) is 24.3 Å². The molecule has 0 fully saturated rings. The predicted octanol–water partition coefficient (Wildman–Crippen LogP) is 6.20. The Morgan fingerprint density at radius 3 is 2.30 bits per heavy atom. The van der Waals surface area contributed by atoms with Crippen molar-refractivity contribution in [2.24, 2.45) is 0 Å². The average Bonchev–Trinajstić information content (AvgIpc) is 3.17. The molecule has 0 unspecified atom stereocenters. The first-order chi connectivity index (χ1) is 14.7. The van der Waals surface area contributed by atoms with Crippen molar-refractivity contribution in [2.75, 3.05) is 6.61 Å². The molecule has 0 radical (unpaired) electrons. The van der Waals surface area contributed by atoms with Gasteiger partial charge in [-0.2, -0.15) is 0 Å². The highest BCUT2D eigenvalue weighted by atomic mass is 35.5. The lowest BCUT2D eigenvalue weighted by Gasteiger charge is -2.11. The first-order valence-electron chi connectivity index (χ1n) is 9.81. The largest absolute Gasteiger partial charge is 0.494 e. The summed E-state index contributed by atoms with van der Waals surface area (Å²) >= 11 is 7.67. The summed E-state index contributed by atoms with van der Waals surface area (Å²) in [6, 6.07) is 26.3. The highest BCUT2D eigenvalue weighted by Gasteiger charge is 2.15. The van der Waals surface area contributed by atoms with Crippen LogP contribution in [0.1, 0.15) is 23.9 Å². The zero-order valence-electron chi connectivity index (χ0n) is 16.7. The molecular weight excluding hydrogens is 414 g/mol. The predicted molar refractivity (Wildman–Crippen MR) is 123 cm³/mol. The van der Waals surface area contributed by atoms with Gasteiger partial charge in [-0.05, 0) is 54.4 Å². The Morgan fingerprint density at radius 1 is 0.867 bits per heavy atom. The summed E-state index contributed by atoms with van der Waals surface area (Å²) in [6.07, 6.45) is 0.711. The third-order valence-corrected chi connectivity index (χ3v) is 5.84. The molecule has 0 amide bonds. The van der Waals surface area contributed by atoms with Gasteiger partial charge in [-0.3, -0.25) is 4.57 Å². The van der Waals surface area contributed by atoms with E-state index < -0.39 is 0 Å². The van der Waals surface area contributed by atoms with Crippen LogP contribution in [0.25, 0.3) is 5.69 Å². The Morgan fingerprint density at radius 2 is 1.60 bits per heavy atom. The molecular formula is C24H22ClN3OS. The van der Waals surface area contributed by atoms with E-state index in [0.29, 0.717) is 13.0 Å². The number of ether oxygens (including phenoxy) is 1. The molecule has 0 atom stereocenters. The third-order valence-electron chi connectivity index (χ3n) is 4.59. The topological polar surface area (TPSA) is 39.9 Å². The summed E-state index contributed by atoms with van der Waals surface area (Å²) < 4.78 is 7.72. The quantitative estimate of drug-likeness (QED) is 0.309. The van der Waals surface area contributed by atoms with Crippen molar-refractivity contribution < 1.29 is 4.74 Å².